The molecule has 4 rings (SSSR count). The van der Waals surface area contributed by atoms with Gasteiger partial charge in [0.2, 0.25) is 17.7 Å². The van der Waals surface area contributed by atoms with Crippen LogP contribution in [0.3, 0.4) is 0 Å². The van der Waals surface area contributed by atoms with E-state index in [4.69, 9.17) is 0 Å². The van der Waals surface area contributed by atoms with E-state index < -0.39 is 42.0 Å². The maximum absolute atomic E-state index is 13.4. The highest BCUT2D eigenvalue weighted by Crippen LogP contribution is 2.22. The van der Waals surface area contributed by atoms with Gasteiger partial charge in [-0.3, -0.25) is 14.4 Å². The summed E-state index contributed by atoms with van der Waals surface area (Å²) < 4.78 is 0. The van der Waals surface area contributed by atoms with Crippen molar-refractivity contribution < 1.29 is 29.4 Å². The Hall–Kier alpha value is -3.76. The Morgan fingerprint density at radius 1 is 0.923 bits per heavy atom. The molecular weight excluding hydrogens is 500 g/mol. The molecule has 0 aromatic heterocycles. The van der Waals surface area contributed by atoms with Gasteiger partial charge in [0.1, 0.15) is 12.1 Å². The lowest BCUT2D eigenvalue weighted by Crippen LogP contribution is -2.56. The van der Waals surface area contributed by atoms with Crippen LogP contribution in [0, 0.1) is 0 Å². The Bertz CT molecular complexity index is 1140. The molecule has 0 aliphatic carbocycles. The summed E-state index contributed by atoms with van der Waals surface area (Å²) in [6.45, 7) is 1.01. The molecule has 1 unspecified atom stereocenters. The van der Waals surface area contributed by atoms with Gasteiger partial charge in [-0.1, -0.05) is 60.7 Å². The SMILES string of the molecule is O=C(CC(Cc1ccccc1)NC(=O)[C@@H]1[C@@H](O)CCN1C(=O)[C@@H]1CCCN1)N[C@@H](Cc1ccccc1)C(=O)O. The summed E-state index contributed by atoms with van der Waals surface area (Å²) in [4.78, 5) is 52.8. The number of rotatable bonds is 11. The number of aliphatic hydroxyl groups excluding tert-OH is 1. The predicted octanol–water partition coefficient (Wildman–Crippen LogP) is 0.630. The molecule has 0 bridgehead atoms. The van der Waals surface area contributed by atoms with E-state index >= 15 is 0 Å². The van der Waals surface area contributed by atoms with E-state index in [1.165, 1.54) is 4.90 Å². The quantitative estimate of drug-likeness (QED) is 0.283. The van der Waals surface area contributed by atoms with Gasteiger partial charge < -0.3 is 31.1 Å². The van der Waals surface area contributed by atoms with Crippen LogP contribution in [0.2, 0.25) is 0 Å². The monoisotopic (exact) mass is 536 g/mol. The third-order valence-corrected chi connectivity index (χ3v) is 7.30. The minimum absolute atomic E-state index is 0.123. The van der Waals surface area contributed by atoms with Crippen LogP contribution in [-0.4, -0.2) is 82.2 Å². The fraction of sp³-hybridized carbons (Fsp3) is 0.448. The number of nitrogens with one attached hydrogen (secondary N) is 3. The zero-order chi connectivity index (χ0) is 27.8. The number of aliphatic carboxylic acids is 1. The maximum Gasteiger partial charge on any atom is 0.326 e. The van der Waals surface area contributed by atoms with E-state index in [-0.39, 0.29) is 31.3 Å². The second-order valence-electron chi connectivity index (χ2n) is 10.2. The van der Waals surface area contributed by atoms with E-state index in [0.29, 0.717) is 19.3 Å². The number of nitrogens with zero attached hydrogens (tertiary/aromatic N) is 1. The highest BCUT2D eigenvalue weighted by Gasteiger charge is 2.43. The molecule has 2 aliphatic heterocycles. The first-order valence-corrected chi connectivity index (χ1v) is 13.4. The number of carboxylic acid groups (broad SMARTS) is 1. The summed E-state index contributed by atoms with van der Waals surface area (Å²) in [5.74, 6) is -2.40. The van der Waals surface area contributed by atoms with Crippen molar-refractivity contribution in [2.75, 3.05) is 13.1 Å². The van der Waals surface area contributed by atoms with E-state index in [0.717, 1.165) is 24.1 Å². The number of hydrogen-bond donors (Lipinski definition) is 5. The van der Waals surface area contributed by atoms with Crippen LogP contribution in [0.4, 0.5) is 0 Å². The first-order chi connectivity index (χ1) is 18.8. The largest absolute Gasteiger partial charge is 0.480 e. The molecule has 3 amide bonds. The molecular formula is C29H36N4O6. The molecule has 0 spiro atoms. The number of benzene rings is 2. The Balaban J connectivity index is 1.45. The lowest BCUT2D eigenvalue weighted by atomic mass is 10.0. The van der Waals surface area contributed by atoms with Gasteiger partial charge in [0, 0.05) is 25.4 Å². The number of carboxylic acids is 1. The van der Waals surface area contributed by atoms with Gasteiger partial charge >= 0.3 is 5.97 Å². The molecule has 208 valence electrons. The summed E-state index contributed by atoms with van der Waals surface area (Å²) in [6, 6.07) is 15.1. The predicted molar refractivity (Wildman–Crippen MR) is 144 cm³/mol. The molecule has 5 atom stereocenters. The molecule has 2 fully saturated rings. The van der Waals surface area contributed by atoms with Crippen LogP contribution in [0.1, 0.15) is 36.8 Å². The molecule has 39 heavy (non-hydrogen) atoms. The van der Waals surface area contributed by atoms with Crippen LogP contribution >= 0.6 is 0 Å². The van der Waals surface area contributed by atoms with E-state index in [1.54, 1.807) is 24.3 Å². The maximum atomic E-state index is 13.4. The molecule has 2 saturated heterocycles. The van der Waals surface area contributed by atoms with Crippen molar-refractivity contribution in [2.45, 2.75) is 68.8 Å². The Kier molecular flexibility index (Phi) is 9.67. The number of amides is 3. The number of aliphatic hydroxyl groups is 1. The van der Waals surface area contributed by atoms with Gasteiger partial charge in [-0.15, -0.1) is 0 Å². The summed E-state index contributed by atoms with van der Waals surface area (Å²) in [7, 11) is 0. The van der Waals surface area contributed by atoms with Gasteiger partial charge in [-0.25, -0.2) is 4.79 Å². The first-order valence-electron chi connectivity index (χ1n) is 13.4. The summed E-state index contributed by atoms with van der Waals surface area (Å²) in [5, 5.41) is 28.9. The average Bonchev–Trinajstić information content (AvgIpc) is 3.59. The van der Waals surface area contributed by atoms with Gasteiger partial charge in [-0.2, -0.15) is 0 Å². The topological polar surface area (TPSA) is 148 Å². The second-order valence-corrected chi connectivity index (χ2v) is 10.2. The Morgan fingerprint density at radius 3 is 2.15 bits per heavy atom. The number of likely N-dealkylation sites (tertiary alicyclic amines) is 1. The van der Waals surface area contributed by atoms with Gasteiger partial charge in [0.25, 0.3) is 0 Å². The number of hydrogen-bond acceptors (Lipinski definition) is 6. The summed E-state index contributed by atoms with van der Waals surface area (Å²) in [6.07, 6.45) is 1.11. The molecule has 2 aliphatic rings. The van der Waals surface area contributed by atoms with Crippen molar-refractivity contribution in [2.24, 2.45) is 0 Å². The highest BCUT2D eigenvalue weighted by molar-refractivity contribution is 5.91. The molecule has 10 heteroatoms. The number of carbonyl (C=O) groups excluding carboxylic acids is 3. The minimum atomic E-state index is -1.15. The fourth-order valence-electron chi connectivity index (χ4n) is 5.32. The average molecular weight is 537 g/mol. The van der Waals surface area contributed by atoms with Crippen molar-refractivity contribution in [1.82, 2.24) is 20.9 Å². The lowest BCUT2D eigenvalue weighted by Gasteiger charge is -2.29. The van der Waals surface area contributed by atoms with Gasteiger partial charge in [0.15, 0.2) is 0 Å². The molecule has 2 heterocycles. The van der Waals surface area contributed by atoms with E-state index in [1.807, 2.05) is 36.4 Å². The van der Waals surface area contributed by atoms with Crippen LogP contribution in [-0.2, 0) is 32.0 Å². The first kappa shape index (κ1) is 28.3. The van der Waals surface area contributed by atoms with Crippen molar-refractivity contribution in [3.63, 3.8) is 0 Å². The summed E-state index contributed by atoms with van der Waals surface area (Å²) in [5.41, 5.74) is 1.65. The van der Waals surface area contributed by atoms with Gasteiger partial charge in [-0.05, 0) is 43.4 Å². The van der Waals surface area contributed by atoms with Crippen molar-refractivity contribution in [1.29, 1.82) is 0 Å². The minimum Gasteiger partial charge on any atom is -0.480 e. The molecule has 2 aromatic carbocycles. The zero-order valence-corrected chi connectivity index (χ0v) is 21.8. The standard InChI is InChI=1S/C29H36N4O6/c34-24-13-15-33(28(37)22-12-7-14-30-22)26(24)27(36)31-21(16-19-8-3-1-4-9-19)18-25(35)32-23(29(38)39)17-20-10-5-2-6-11-20/h1-6,8-11,21-24,26,30,34H,7,12-18H2,(H,31,36)(H,32,35)(H,38,39)/t21?,22-,23-,24-,26-/m0/s1. The van der Waals surface area contributed by atoms with E-state index in [9.17, 15) is 29.4 Å². The third kappa shape index (κ3) is 7.64. The zero-order valence-electron chi connectivity index (χ0n) is 21.8. The van der Waals surface area contributed by atoms with E-state index in [2.05, 4.69) is 16.0 Å². The fourth-order valence-corrected chi connectivity index (χ4v) is 5.32. The lowest BCUT2D eigenvalue weighted by molar-refractivity contribution is -0.142. The summed E-state index contributed by atoms with van der Waals surface area (Å²) >= 11 is 0. The number of carbonyl (C=O) groups is 4. The van der Waals surface area contributed by atoms with Gasteiger partial charge in [0.05, 0.1) is 12.1 Å². The van der Waals surface area contributed by atoms with Crippen LogP contribution in [0.15, 0.2) is 60.7 Å². The normalized spacial score (nSPS) is 22.2. The van der Waals surface area contributed by atoms with Crippen molar-refractivity contribution in [3.05, 3.63) is 71.8 Å². The van der Waals surface area contributed by atoms with Crippen LogP contribution in [0.25, 0.3) is 0 Å². The second kappa shape index (κ2) is 13.3. The molecule has 0 saturated carbocycles. The third-order valence-electron chi connectivity index (χ3n) is 7.30. The van der Waals surface area contributed by atoms with Crippen LogP contribution in [0.5, 0.6) is 0 Å². The molecule has 0 radical (unpaired) electrons. The molecule has 2 aromatic rings. The molecule has 5 N–H and O–H groups in total. The van der Waals surface area contributed by atoms with Crippen molar-refractivity contribution in [3.8, 4) is 0 Å². The van der Waals surface area contributed by atoms with Crippen LogP contribution < -0.4 is 16.0 Å². The van der Waals surface area contributed by atoms with Crippen molar-refractivity contribution >= 4 is 23.7 Å². The Labute approximate surface area is 227 Å². The molecule has 10 nitrogen and oxygen atoms in total. The highest BCUT2D eigenvalue weighted by atomic mass is 16.4. The smallest absolute Gasteiger partial charge is 0.326 e. The Morgan fingerprint density at radius 2 is 1.56 bits per heavy atom.